The highest BCUT2D eigenvalue weighted by Gasteiger charge is 2.59. The summed E-state index contributed by atoms with van der Waals surface area (Å²) < 4.78 is 0. The van der Waals surface area contributed by atoms with Crippen molar-refractivity contribution in [2.24, 2.45) is 5.92 Å². The molecule has 1 aromatic rings. The van der Waals surface area contributed by atoms with E-state index < -0.39 is 0 Å². The fraction of sp³-hybridized carbons (Fsp3) is 0.688. The Bertz CT molecular complexity index is 526. The van der Waals surface area contributed by atoms with Crippen LogP contribution in [0.25, 0.3) is 0 Å². The Morgan fingerprint density at radius 3 is 2.95 bits per heavy atom. The zero-order chi connectivity index (χ0) is 14.4. The van der Waals surface area contributed by atoms with Crippen LogP contribution in [-0.2, 0) is 4.79 Å². The van der Waals surface area contributed by atoms with Crippen molar-refractivity contribution in [2.45, 2.75) is 37.9 Å². The van der Waals surface area contributed by atoms with E-state index in [0.29, 0.717) is 11.8 Å². The summed E-state index contributed by atoms with van der Waals surface area (Å²) in [5.41, 5.74) is 1.04. The van der Waals surface area contributed by atoms with Crippen molar-refractivity contribution in [2.75, 3.05) is 26.2 Å². The minimum Gasteiger partial charge on any atom is -0.321 e. The van der Waals surface area contributed by atoms with E-state index >= 15 is 0 Å². The van der Waals surface area contributed by atoms with E-state index in [1.165, 1.54) is 18.5 Å². The van der Waals surface area contributed by atoms with Gasteiger partial charge in [0.15, 0.2) is 0 Å². The van der Waals surface area contributed by atoms with Gasteiger partial charge in [0.25, 0.3) is 0 Å². The smallest absolute Gasteiger partial charge is 0.244 e. The number of carbonyl (C=O) groups is 1. The van der Waals surface area contributed by atoms with Crippen LogP contribution in [-0.4, -0.2) is 47.4 Å². The van der Waals surface area contributed by atoms with Gasteiger partial charge >= 0.3 is 0 Å². The zero-order valence-electron chi connectivity index (χ0n) is 12.5. The average molecular weight is 305 g/mol. The third-order valence-corrected chi connectivity index (χ3v) is 5.98. The van der Waals surface area contributed by atoms with Gasteiger partial charge in [-0.25, -0.2) is 0 Å². The molecule has 3 aliphatic rings. The molecule has 1 aromatic heterocycles. The Morgan fingerprint density at radius 2 is 2.33 bits per heavy atom. The van der Waals surface area contributed by atoms with Crippen LogP contribution in [0.3, 0.4) is 0 Å². The fourth-order valence-electron chi connectivity index (χ4n) is 3.79. The maximum atomic E-state index is 12.8. The van der Waals surface area contributed by atoms with Crippen molar-refractivity contribution < 1.29 is 4.79 Å². The van der Waals surface area contributed by atoms with Crippen LogP contribution in [0.4, 0.5) is 0 Å². The number of nitrogens with one attached hydrogen (secondary N) is 1. The molecular formula is C16H23N3OS. The number of hydrogen-bond donors (Lipinski definition) is 1. The van der Waals surface area contributed by atoms with E-state index in [4.69, 9.17) is 0 Å². The molecule has 0 aromatic carbocycles. The van der Waals surface area contributed by atoms with Gasteiger partial charge in [0, 0.05) is 13.1 Å². The van der Waals surface area contributed by atoms with E-state index in [2.05, 4.69) is 38.9 Å². The van der Waals surface area contributed by atoms with Crippen molar-refractivity contribution in [3.8, 4) is 0 Å². The second kappa shape index (κ2) is 5.07. The van der Waals surface area contributed by atoms with E-state index in [-0.39, 0.29) is 11.7 Å². The van der Waals surface area contributed by atoms with E-state index in [1.807, 2.05) is 0 Å². The topological polar surface area (TPSA) is 35.6 Å². The summed E-state index contributed by atoms with van der Waals surface area (Å²) in [5, 5.41) is 7.89. The Kier molecular flexibility index (Phi) is 3.32. The largest absolute Gasteiger partial charge is 0.321 e. The number of carbonyl (C=O) groups excluding carboxylic acids is 1. The van der Waals surface area contributed by atoms with Gasteiger partial charge in [0.2, 0.25) is 5.91 Å². The molecule has 1 aliphatic carbocycles. The first-order valence-corrected chi connectivity index (χ1v) is 8.99. The van der Waals surface area contributed by atoms with Crippen molar-refractivity contribution in [3.63, 3.8) is 0 Å². The molecule has 4 nitrogen and oxygen atoms in total. The molecule has 0 bridgehead atoms. The maximum absolute atomic E-state index is 12.8. The summed E-state index contributed by atoms with van der Waals surface area (Å²) in [6.07, 6.45) is 3.34. The standard InChI is InChI=1S/C16H23N3OS/c1-2-18-7-3-12(9-18)10-19-14(13-4-8-21-11-13)17-16(5-6-16)15(19)20/h4,8,11-12,14,17H,2-3,5-7,9-10H2,1H3. The van der Waals surface area contributed by atoms with Crippen molar-refractivity contribution in [1.82, 2.24) is 15.1 Å². The molecule has 1 spiro atoms. The van der Waals surface area contributed by atoms with Crippen molar-refractivity contribution in [3.05, 3.63) is 22.4 Å². The van der Waals surface area contributed by atoms with Crippen LogP contribution in [0.15, 0.2) is 16.8 Å². The molecule has 2 saturated heterocycles. The highest BCUT2D eigenvalue weighted by atomic mass is 32.1. The van der Waals surface area contributed by atoms with Crippen molar-refractivity contribution in [1.29, 1.82) is 0 Å². The Morgan fingerprint density at radius 1 is 1.48 bits per heavy atom. The number of hydrogen-bond acceptors (Lipinski definition) is 4. The molecule has 1 N–H and O–H groups in total. The summed E-state index contributed by atoms with van der Waals surface area (Å²) in [4.78, 5) is 17.4. The monoisotopic (exact) mass is 305 g/mol. The van der Waals surface area contributed by atoms with Crippen LogP contribution in [0, 0.1) is 5.92 Å². The Balaban J connectivity index is 1.52. The first-order valence-electron chi connectivity index (χ1n) is 8.05. The maximum Gasteiger partial charge on any atom is 0.244 e. The predicted octanol–water partition coefficient (Wildman–Crippen LogP) is 2.05. The number of likely N-dealkylation sites (tertiary alicyclic amines) is 1. The summed E-state index contributed by atoms with van der Waals surface area (Å²) in [6.45, 7) is 6.58. The van der Waals surface area contributed by atoms with Gasteiger partial charge in [0.1, 0.15) is 11.7 Å². The number of thiophene rings is 1. The molecule has 1 amide bonds. The summed E-state index contributed by atoms with van der Waals surface area (Å²) in [5.74, 6) is 0.972. The molecule has 3 fully saturated rings. The second-order valence-electron chi connectivity index (χ2n) is 6.69. The molecule has 21 heavy (non-hydrogen) atoms. The van der Waals surface area contributed by atoms with Crippen LogP contribution < -0.4 is 5.32 Å². The molecule has 0 radical (unpaired) electrons. The lowest BCUT2D eigenvalue weighted by Gasteiger charge is -2.26. The van der Waals surface area contributed by atoms with Crippen molar-refractivity contribution >= 4 is 17.2 Å². The van der Waals surface area contributed by atoms with Gasteiger partial charge in [-0.2, -0.15) is 11.3 Å². The number of nitrogens with zero attached hydrogens (tertiary/aromatic N) is 2. The summed E-state index contributed by atoms with van der Waals surface area (Å²) >= 11 is 1.71. The average Bonchev–Trinajstić information content (AvgIpc) is 2.87. The van der Waals surface area contributed by atoms with Gasteiger partial charge < -0.3 is 9.80 Å². The van der Waals surface area contributed by atoms with Gasteiger partial charge in [-0.05, 0) is 60.7 Å². The fourth-order valence-corrected chi connectivity index (χ4v) is 4.47. The minimum atomic E-state index is -0.213. The number of rotatable bonds is 4. The minimum absolute atomic E-state index is 0.0990. The molecule has 1 saturated carbocycles. The van der Waals surface area contributed by atoms with Gasteiger partial charge in [-0.15, -0.1) is 0 Å². The van der Waals surface area contributed by atoms with Crippen LogP contribution in [0.1, 0.15) is 37.9 Å². The first-order chi connectivity index (χ1) is 10.2. The van der Waals surface area contributed by atoms with E-state index in [1.54, 1.807) is 11.3 Å². The van der Waals surface area contributed by atoms with Crippen LogP contribution >= 0.6 is 11.3 Å². The zero-order valence-corrected chi connectivity index (χ0v) is 13.4. The predicted molar refractivity (Wildman–Crippen MR) is 84.1 cm³/mol. The molecule has 2 unspecified atom stereocenters. The summed E-state index contributed by atoms with van der Waals surface area (Å²) in [7, 11) is 0. The lowest BCUT2D eigenvalue weighted by atomic mass is 10.1. The van der Waals surface area contributed by atoms with Gasteiger partial charge in [0.05, 0.1) is 0 Å². The molecule has 2 atom stereocenters. The quantitative estimate of drug-likeness (QED) is 0.925. The van der Waals surface area contributed by atoms with E-state index in [0.717, 1.165) is 32.5 Å². The lowest BCUT2D eigenvalue weighted by Crippen LogP contribution is -2.36. The highest BCUT2D eigenvalue weighted by Crippen LogP contribution is 2.46. The number of amides is 1. The van der Waals surface area contributed by atoms with Crippen LogP contribution in [0.5, 0.6) is 0 Å². The third-order valence-electron chi connectivity index (χ3n) is 5.28. The Labute approximate surface area is 130 Å². The first kappa shape index (κ1) is 13.7. The molecule has 114 valence electrons. The molecule has 2 aliphatic heterocycles. The lowest BCUT2D eigenvalue weighted by molar-refractivity contribution is -0.131. The van der Waals surface area contributed by atoms with Gasteiger partial charge in [-0.3, -0.25) is 10.1 Å². The van der Waals surface area contributed by atoms with Gasteiger partial charge in [-0.1, -0.05) is 6.92 Å². The second-order valence-corrected chi connectivity index (χ2v) is 7.47. The normalized spacial score (nSPS) is 31.5. The molecule has 3 heterocycles. The Hall–Kier alpha value is -0.910. The van der Waals surface area contributed by atoms with Crippen LogP contribution in [0.2, 0.25) is 0 Å². The highest BCUT2D eigenvalue weighted by molar-refractivity contribution is 7.07. The van der Waals surface area contributed by atoms with E-state index in [9.17, 15) is 4.79 Å². The third kappa shape index (κ3) is 2.31. The summed E-state index contributed by atoms with van der Waals surface area (Å²) in [6, 6.07) is 2.15. The molecule has 5 heteroatoms. The SMILES string of the molecule is CCN1CCC(CN2C(=O)C3(CC3)NC2c2ccsc2)C1. The molecular weight excluding hydrogens is 282 g/mol. The molecule has 4 rings (SSSR count).